The summed E-state index contributed by atoms with van der Waals surface area (Å²) in [5.41, 5.74) is 0.201. The summed E-state index contributed by atoms with van der Waals surface area (Å²) in [5, 5.41) is 11.7. The van der Waals surface area contributed by atoms with Crippen LogP contribution in [0.5, 0.6) is 0 Å². The smallest absolute Gasteiger partial charge is 0.328 e. The third-order valence-electron chi connectivity index (χ3n) is 2.79. The molecule has 0 aliphatic carbocycles. The Hall–Kier alpha value is -2.70. The van der Waals surface area contributed by atoms with Gasteiger partial charge in [-0.05, 0) is 12.1 Å². The molecule has 0 saturated heterocycles. The lowest BCUT2D eigenvalue weighted by Gasteiger charge is -2.14. The highest BCUT2D eigenvalue weighted by Crippen LogP contribution is 2.04. The molecule has 0 aliphatic heterocycles. The highest BCUT2D eigenvalue weighted by atomic mass is 16.4. The Labute approximate surface area is 113 Å². The normalized spacial score (nSPS) is 12.1. The fraction of sp³-hybridized carbons (Fsp3) is 0.231. The second-order valence-corrected chi connectivity index (χ2v) is 4.31. The van der Waals surface area contributed by atoms with Gasteiger partial charge in [0.25, 0.3) is 5.56 Å². The van der Waals surface area contributed by atoms with Gasteiger partial charge in [-0.25, -0.2) is 9.78 Å². The molecule has 0 fully saturated rings. The van der Waals surface area contributed by atoms with Gasteiger partial charge in [0.1, 0.15) is 6.04 Å². The molecule has 7 nitrogen and oxygen atoms in total. The maximum atomic E-state index is 12.2. The Morgan fingerprint density at radius 1 is 1.40 bits per heavy atom. The van der Waals surface area contributed by atoms with E-state index in [1.807, 2.05) is 0 Å². The molecule has 0 spiro atoms. The summed E-state index contributed by atoms with van der Waals surface area (Å²) in [6, 6.07) is 5.61. The Morgan fingerprint density at radius 2 is 2.10 bits per heavy atom. The van der Waals surface area contributed by atoms with Crippen molar-refractivity contribution in [1.29, 1.82) is 0 Å². The summed E-state index contributed by atoms with van der Waals surface area (Å²) < 4.78 is 1.18. The first-order valence-corrected chi connectivity index (χ1v) is 5.93. The Morgan fingerprint density at radius 3 is 2.75 bits per heavy atom. The molecule has 0 bridgehead atoms. The SMILES string of the molecule is CC(=O)NC(Cn1cnc2ccccc2c1=O)C(=O)O. The predicted octanol–water partition coefficient (Wildman–Crippen LogP) is -0.0142. The number of rotatable bonds is 4. The van der Waals surface area contributed by atoms with E-state index in [-0.39, 0.29) is 12.1 Å². The number of amides is 1. The van der Waals surface area contributed by atoms with Crippen molar-refractivity contribution in [3.63, 3.8) is 0 Å². The Kier molecular flexibility index (Phi) is 3.79. The van der Waals surface area contributed by atoms with E-state index in [9.17, 15) is 14.4 Å². The van der Waals surface area contributed by atoms with E-state index in [1.54, 1.807) is 24.3 Å². The van der Waals surface area contributed by atoms with E-state index in [4.69, 9.17) is 5.11 Å². The quantitative estimate of drug-likeness (QED) is 0.817. The third-order valence-corrected chi connectivity index (χ3v) is 2.79. The van der Waals surface area contributed by atoms with E-state index >= 15 is 0 Å². The van der Waals surface area contributed by atoms with Crippen LogP contribution in [0.2, 0.25) is 0 Å². The molecular formula is C13H13N3O4. The molecule has 1 amide bonds. The highest BCUT2D eigenvalue weighted by molar-refractivity contribution is 5.82. The molecule has 2 rings (SSSR count). The lowest BCUT2D eigenvalue weighted by atomic mass is 10.2. The first kappa shape index (κ1) is 13.7. The van der Waals surface area contributed by atoms with Crippen LogP contribution in [0, 0.1) is 0 Å². The summed E-state index contributed by atoms with van der Waals surface area (Å²) in [7, 11) is 0. The van der Waals surface area contributed by atoms with Crippen LogP contribution in [0.4, 0.5) is 0 Å². The van der Waals surface area contributed by atoms with E-state index in [1.165, 1.54) is 17.8 Å². The Bertz CT molecular complexity index is 723. The first-order valence-electron chi connectivity index (χ1n) is 5.93. The van der Waals surface area contributed by atoms with Gasteiger partial charge >= 0.3 is 5.97 Å². The number of aromatic nitrogens is 2. The minimum atomic E-state index is -1.21. The molecule has 7 heteroatoms. The molecule has 0 radical (unpaired) electrons. The summed E-state index contributed by atoms with van der Waals surface area (Å²) in [5.74, 6) is -1.68. The minimum Gasteiger partial charge on any atom is -0.480 e. The zero-order chi connectivity index (χ0) is 14.7. The third kappa shape index (κ3) is 2.82. The number of fused-ring (bicyclic) bond motifs is 1. The van der Waals surface area contributed by atoms with Crippen molar-refractivity contribution < 1.29 is 14.7 Å². The first-order chi connectivity index (χ1) is 9.49. The van der Waals surface area contributed by atoms with Gasteiger partial charge in [0.15, 0.2) is 0 Å². The van der Waals surface area contributed by atoms with Gasteiger partial charge < -0.3 is 10.4 Å². The molecular weight excluding hydrogens is 262 g/mol. The van der Waals surface area contributed by atoms with Gasteiger partial charge in [-0.3, -0.25) is 14.2 Å². The van der Waals surface area contributed by atoms with Crippen molar-refractivity contribution >= 4 is 22.8 Å². The molecule has 104 valence electrons. The summed E-state index contributed by atoms with van der Waals surface area (Å²) in [6.07, 6.45) is 1.28. The van der Waals surface area contributed by atoms with Crippen LogP contribution >= 0.6 is 0 Å². The summed E-state index contributed by atoms with van der Waals surface area (Å²) in [6.45, 7) is 1.04. The number of carbonyl (C=O) groups is 2. The lowest BCUT2D eigenvalue weighted by molar-refractivity contribution is -0.141. The number of carboxylic acids is 1. The second kappa shape index (κ2) is 5.52. The molecule has 1 atom stereocenters. The highest BCUT2D eigenvalue weighted by Gasteiger charge is 2.19. The number of nitrogens with one attached hydrogen (secondary N) is 1. The monoisotopic (exact) mass is 275 g/mol. The molecule has 1 aromatic heterocycles. The molecule has 20 heavy (non-hydrogen) atoms. The zero-order valence-corrected chi connectivity index (χ0v) is 10.7. The summed E-state index contributed by atoms with van der Waals surface area (Å²) in [4.78, 5) is 38.3. The lowest BCUT2D eigenvalue weighted by Crippen LogP contribution is -2.44. The summed E-state index contributed by atoms with van der Waals surface area (Å²) >= 11 is 0. The van der Waals surface area contributed by atoms with Gasteiger partial charge in [-0.1, -0.05) is 12.1 Å². The van der Waals surface area contributed by atoms with Crippen LogP contribution in [-0.2, 0) is 16.1 Å². The van der Waals surface area contributed by atoms with Crippen LogP contribution in [0.1, 0.15) is 6.92 Å². The van der Waals surface area contributed by atoms with E-state index < -0.39 is 17.9 Å². The average molecular weight is 275 g/mol. The standard InChI is InChI=1S/C13H13N3O4/c1-8(17)15-11(13(19)20)6-16-7-14-10-5-3-2-4-9(10)12(16)18/h2-5,7,11H,6H2,1H3,(H,15,17)(H,19,20). The van der Waals surface area contributed by atoms with E-state index in [2.05, 4.69) is 10.3 Å². The van der Waals surface area contributed by atoms with Crippen molar-refractivity contribution in [1.82, 2.24) is 14.9 Å². The number of carboxylic acid groups (broad SMARTS) is 1. The van der Waals surface area contributed by atoms with Crippen LogP contribution in [0.25, 0.3) is 10.9 Å². The predicted molar refractivity (Wildman–Crippen MR) is 71.2 cm³/mol. The number of carbonyl (C=O) groups excluding carboxylic acids is 1. The number of benzene rings is 1. The van der Waals surface area contributed by atoms with Gasteiger partial charge in [0, 0.05) is 6.92 Å². The van der Waals surface area contributed by atoms with Crippen LogP contribution in [-0.4, -0.2) is 32.6 Å². The molecule has 1 unspecified atom stereocenters. The maximum Gasteiger partial charge on any atom is 0.328 e. The molecule has 0 aliphatic rings. The molecule has 0 saturated carbocycles. The molecule has 1 heterocycles. The minimum absolute atomic E-state index is 0.175. The van der Waals surface area contributed by atoms with Gasteiger partial charge in [-0.15, -0.1) is 0 Å². The van der Waals surface area contributed by atoms with Gasteiger partial charge in [0.05, 0.1) is 23.8 Å². The van der Waals surface area contributed by atoms with Crippen molar-refractivity contribution in [2.45, 2.75) is 19.5 Å². The molecule has 2 aromatic rings. The second-order valence-electron chi connectivity index (χ2n) is 4.31. The number of hydrogen-bond donors (Lipinski definition) is 2. The molecule has 2 N–H and O–H groups in total. The van der Waals surface area contributed by atoms with Crippen molar-refractivity contribution in [3.05, 3.63) is 40.9 Å². The fourth-order valence-electron chi connectivity index (χ4n) is 1.86. The van der Waals surface area contributed by atoms with Crippen LogP contribution in [0.3, 0.4) is 0 Å². The van der Waals surface area contributed by atoms with Crippen LogP contribution < -0.4 is 10.9 Å². The van der Waals surface area contributed by atoms with E-state index in [0.29, 0.717) is 10.9 Å². The van der Waals surface area contributed by atoms with Crippen molar-refractivity contribution in [3.8, 4) is 0 Å². The van der Waals surface area contributed by atoms with Crippen molar-refractivity contribution in [2.75, 3.05) is 0 Å². The van der Waals surface area contributed by atoms with Gasteiger partial charge in [0.2, 0.25) is 5.91 Å². The largest absolute Gasteiger partial charge is 0.480 e. The van der Waals surface area contributed by atoms with Crippen molar-refractivity contribution in [2.24, 2.45) is 0 Å². The Balaban J connectivity index is 2.38. The topological polar surface area (TPSA) is 101 Å². The maximum absolute atomic E-state index is 12.2. The molecule has 1 aromatic carbocycles. The zero-order valence-electron chi connectivity index (χ0n) is 10.7. The number of nitrogens with zero attached hydrogens (tertiary/aromatic N) is 2. The van der Waals surface area contributed by atoms with Crippen LogP contribution in [0.15, 0.2) is 35.4 Å². The number of para-hydroxylation sites is 1. The fourth-order valence-corrected chi connectivity index (χ4v) is 1.86. The van der Waals surface area contributed by atoms with Gasteiger partial charge in [-0.2, -0.15) is 0 Å². The number of hydrogen-bond acceptors (Lipinski definition) is 4. The van der Waals surface area contributed by atoms with E-state index in [0.717, 1.165) is 0 Å². The average Bonchev–Trinajstić information content (AvgIpc) is 2.40. The number of aliphatic carboxylic acids is 1.